The smallest absolute Gasteiger partial charge is 0.234 e. The maximum Gasteiger partial charge on any atom is 0.234 e. The fourth-order valence-corrected chi connectivity index (χ4v) is 2.12. The molecule has 1 amide bonds. The molecule has 0 aliphatic heterocycles. The molecular weight excluding hydrogens is 293 g/mol. The number of thioether (sulfide) groups is 1. The lowest BCUT2D eigenvalue weighted by molar-refractivity contribution is -0.113. The van der Waals surface area contributed by atoms with Crippen LogP contribution in [-0.2, 0) is 11.8 Å². The number of hydrogen-bond acceptors (Lipinski definition) is 5. The molecule has 100 valence electrons. The summed E-state index contributed by atoms with van der Waals surface area (Å²) in [6, 6.07) is 3.77. The zero-order valence-electron chi connectivity index (χ0n) is 9.80. The Hall–Kier alpha value is -1.67. The van der Waals surface area contributed by atoms with Gasteiger partial charge in [0.05, 0.1) is 16.5 Å². The fraction of sp³-hybridized carbons (Fsp3) is 0.200. The van der Waals surface area contributed by atoms with Gasteiger partial charge in [-0.2, -0.15) is 0 Å². The van der Waals surface area contributed by atoms with Crippen LogP contribution in [0.5, 0.6) is 0 Å². The molecule has 0 saturated heterocycles. The molecule has 2 aromatic rings. The third-order valence-electron chi connectivity index (χ3n) is 2.12. The van der Waals surface area contributed by atoms with E-state index in [2.05, 4.69) is 20.8 Å². The van der Waals surface area contributed by atoms with Crippen molar-refractivity contribution in [3.63, 3.8) is 0 Å². The van der Waals surface area contributed by atoms with E-state index >= 15 is 0 Å². The maximum absolute atomic E-state index is 12.8. The van der Waals surface area contributed by atoms with Crippen molar-refractivity contribution in [3.8, 4) is 0 Å². The van der Waals surface area contributed by atoms with Gasteiger partial charge in [-0.15, -0.1) is 5.10 Å². The van der Waals surface area contributed by atoms with E-state index in [1.807, 2.05) is 0 Å². The molecule has 2 rings (SSSR count). The Bertz CT molecular complexity index is 605. The van der Waals surface area contributed by atoms with Crippen LogP contribution in [0, 0.1) is 5.82 Å². The van der Waals surface area contributed by atoms with Gasteiger partial charge in [0.25, 0.3) is 0 Å². The van der Waals surface area contributed by atoms with E-state index in [-0.39, 0.29) is 16.7 Å². The summed E-state index contributed by atoms with van der Waals surface area (Å²) >= 11 is 6.99. The van der Waals surface area contributed by atoms with Gasteiger partial charge in [0.1, 0.15) is 5.82 Å². The van der Waals surface area contributed by atoms with E-state index in [1.165, 1.54) is 28.6 Å². The summed E-state index contributed by atoms with van der Waals surface area (Å²) < 4.78 is 14.3. The van der Waals surface area contributed by atoms with E-state index in [0.29, 0.717) is 10.8 Å². The number of hydrogen-bond donors (Lipinski definition) is 1. The minimum atomic E-state index is -0.456. The van der Waals surface area contributed by atoms with Gasteiger partial charge in [-0.25, -0.2) is 9.07 Å². The number of carbonyl (C=O) groups excluding carboxylic acids is 1. The summed E-state index contributed by atoms with van der Waals surface area (Å²) in [4.78, 5) is 11.7. The Morgan fingerprint density at radius 2 is 2.37 bits per heavy atom. The van der Waals surface area contributed by atoms with Gasteiger partial charge in [0.2, 0.25) is 11.1 Å². The Morgan fingerprint density at radius 1 is 1.58 bits per heavy atom. The molecule has 1 aromatic carbocycles. The Morgan fingerprint density at radius 3 is 3.00 bits per heavy atom. The summed E-state index contributed by atoms with van der Waals surface area (Å²) in [5.74, 6) is -0.605. The molecule has 1 aromatic heterocycles. The predicted octanol–water partition coefficient (Wildman–Crippen LogP) is 1.73. The lowest BCUT2D eigenvalue weighted by Gasteiger charge is -2.06. The Kier molecular flexibility index (Phi) is 4.33. The van der Waals surface area contributed by atoms with Crippen LogP contribution in [0.2, 0.25) is 5.02 Å². The van der Waals surface area contributed by atoms with Gasteiger partial charge in [-0.3, -0.25) is 4.79 Å². The molecule has 0 atom stereocenters. The Labute approximate surface area is 117 Å². The molecule has 0 fully saturated rings. The first-order chi connectivity index (χ1) is 9.06. The lowest BCUT2D eigenvalue weighted by Crippen LogP contribution is -2.14. The predicted molar refractivity (Wildman–Crippen MR) is 69.6 cm³/mol. The van der Waals surface area contributed by atoms with Gasteiger partial charge < -0.3 is 5.32 Å². The first-order valence-electron chi connectivity index (χ1n) is 5.16. The van der Waals surface area contributed by atoms with E-state index in [1.54, 1.807) is 7.05 Å². The van der Waals surface area contributed by atoms with Crippen molar-refractivity contribution in [1.82, 2.24) is 20.2 Å². The second kappa shape index (κ2) is 5.98. The Balaban J connectivity index is 1.93. The number of anilines is 1. The number of amides is 1. The summed E-state index contributed by atoms with van der Waals surface area (Å²) in [5.41, 5.74) is 0.366. The van der Waals surface area contributed by atoms with Crippen LogP contribution in [-0.4, -0.2) is 31.9 Å². The monoisotopic (exact) mass is 301 g/mol. The van der Waals surface area contributed by atoms with E-state index in [9.17, 15) is 9.18 Å². The van der Waals surface area contributed by atoms with Crippen molar-refractivity contribution in [2.24, 2.45) is 7.05 Å². The quantitative estimate of drug-likeness (QED) is 0.871. The van der Waals surface area contributed by atoms with Gasteiger partial charge in [-0.05, 0) is 28.6 Å². The normalized spacial score (nSPS) is 10.5. The summed E-state index contributed by atoms with van der Waals surface area (Å²) in [7, 11) is 1.68. The second-order valence-corrected chi connectivity index (χ2v) is 4.90. The van der Waals surface area contributed by atoms with Gasteiger partial charge in [-0.1, -0.05) is 23.4 Å². The van der Waals surface area contributed by atoms with Crippen LogP contribution in [0.15, 0.2) is 23.4 Å². The van der Waals surface area contributed by atoms with Crippen molar-refractivity contribution in [3.05, 3.63) is 29.0 Å². The highest BCUT2D eigenvalue weighted by atomic mass is 35.5. The van der Waals surface area contributed by atoms with Crippen molar-refractivity contribution in [2.45, 2.75) is 5.16 Å². The number of aryl methyl sites for hydroxylation is 1. The van der Waals surface area contributed by atoms with E-state index in [4.69, 9.17) is 11.6 Å². The SMILES string of the molecule is Cn1nnnc1SCC(=O)Nc1ccc(F)cc1Cl. The average molecular weight is 302 g/mol. The van der Waals surface area contributed by atoms with Gasteiger partial charge >= 0.3 is 0 Å². The highest BCUT2D eigenvalue weighted by Gasteiger charge is 2.10. The third kappa shape index (κ3) is 3.65. The molecule has 0 saturated carbocycles. The van der Waals surface area contributed by atoms with Gasteiger partial charge in [0.15, 0.2) is 0 Å². The van der Waals surface area contributed by atoms with Crippen LogP contribution in [0.4, 0.5) is 10.1 Å². The minimum Gasteiger partial charge on any atom is -0.324 e. The number of nitrogens with zero attached hydrogens (tertiary/aromatic N) is 4. The zero-order chi connectivity index (χ0) is 13.8. The standard InChI is InChI=1S/C10H9ClFN5OS/c1-17-10(14-15-16-17)19-5-9(18)13-8-3-2-6(12)4-7(8)11/h2-4H,5H2,1H3,(H,13,18). The lowest BCUT2D eigenvalue weighted by atomic mass is 10.3. The van der Waals surface area contributed by atoms with Crippen LogP contribution >= 0.6 is 23.4 Å². The first kappa shape index (κ1) is 13.8. The van der Waals surface area contributed by atoms with Gasteiger partial charge in [0, 0.05) is 7.05 Å². The van der Waals surface area contributed by atoms with Crippen molar-refractivity contribution in [2.75, 3.05) is 11.1 Å². The number of halogens is 2. The van der Waals surface area contributed by atoms with Crippen LogP contribution in [0.3, 0.4) is 0 Å². The van der Waals surface area contributed by atoms with Crippen molar-refractivity contribution < 1.29 is 9.18 Å². The number of aromatic nitrogens is 4. The highest BCUT2D eigenvalue weighted by molar-refractivity contribution is 7.99. The summed E-state index contributed by atoms with van der Waals surface area (Å²) in [6.45, 7) is 0. The molecule has 0 spiro atoms. The topological polar surface area (TPSA) is 72.7 Å². The molecule has 1 heterocycles. The molecule has 0 radical (unpaired) electrons. The highest BCUT2D eigenvalue weighted by Crippen LogP contribution is 2.23. The van der Waals surface area contributed by atoms with Crippen molar-refractivity contribution in [1.29, 1.82) is 0 Å². The second-order valence-electron chi connectivity index (χ2n) is 3.55. The molecule has 19 heavy (non-hydrogen) atoms. The van der Waals surface area contributed by atoms with Crippen LogP contribution < -0.4 is 5.32 Å². The summed E-state index contributed by atoms with van der Waals surface area (Å²) in [5, 5.41) is 14.1. The zero-order valence-corrected chi connectivity index (χ0v) is 11.4. The first-order valence-corrected chi connectivity index (χ1v) is 6.52. The molecule has 0 bridgehead atoms. The fourth-order valence-electron chi connectivity index (χ4n) is 1.25. The van der Waals surface area contributed by atoms with E-state index in [0.717, 1.165) is 6.07 Å². The molecule has 0 aliphatic carbocycles. The molecule has 0 aliphatic rings. The number of rotatable bonds is 4. The number of nitrogens with one attached hydrogen (secondary N) is 1. The van der Waals surface area contributed by atoms with Crippen molar-refractivity contribution >= 4 is 35.0 Å². The number of carbonyl (C=O) groups is 1. The van der Waals surface area contributed by atoms with Crippen LogP contribution in [0.25, 0.3) is 0 Å². The molecular formula is C10H9ClFN5OS. The summed E-state index contributed by atoms with van der Waals surface area (Å²) in [6.07, 6.45) is 0. The molecule has 1 N–H and O–H groups in total. The average Bonchev–Trinajstić information content (AvgIpc) is 2.76. The number of benzene rings is 1. The molecule has 9 heteroatoms. The van der Waals surface area contributed by atoms with E-state index < -0.39 is 5.82 Å². The minimum absolute atomic E-state index is 0.127. The molecule has 6 nitrogen and oxygen atoms in total. The number of tetrazole rings is 1. The molecule has 0 unspecified atom stereocenters. The maximum atomic E-state index is 12.8. The van der Waals surface area contributed by atoms with Crippen LogP contribution in [0.1, 0.15) is 0 Å². The third-order valence-corrected chi connectivity index (χ3v) is 3.44. The largest absolute Gasteiger partial charge is 0.324 e.